The third-order valence-corrected chi connectivity index (χ3v) is 2.92. The Balaban J connectivity index is 3.15. The van der Waals surface area contributed by atoms with Gasteiger partial charge < -0.3 is 10.0 Å². The van der Waals surface area contributed by atoms with E-state index in [-0.39, 0.29) is 11.3 Å². The average Bonchev–Trinajstić information content (AvgIpc) is 2.36. The first-order valence-electron chi connectivity index (χ1n) is 5.50. The molecule has 1 rings (SSSR count). The molecule has 1 N–H and O–H groups in total. The first kappa shape index (κ1) is 14.6. The van der Waals surface area contributed by atoms with Crippen molar-refractivity contribution in [3.05, 3.63) is 39.4 Å². The maximum atomic E-state index is 12.1. The van der Waals surface area contributed by atoms with E-state index in [4.69, 9.17) is 5.11 Å². The van der Waals surface area contributed by atoms with Gasteiger partial charge in [0.2, 0.25) is 0 Å². The van der Waals surface area contributed by atoms with Gasteiger partial charge in [0, 0.05) is 24.7 Å². The predicted octanol–water partition coefficient (Wildman–Crippen LogP) is 1.45. The van der Waals surface area contributed by atoms with E-state index in [0.29, 0.717) is 5.56 Å². The molecule has 102 valence electrons. The molecule has 1 unspecified atom stereocenters. The summed E-state index contributed by atoms with van der Waals surface area (Å²) in [5.41, 5.74) is 0.482. The Bertz CT molecular complexity index is 541. The maximum Gasteiger partial charge on any atom is 0.326 e. The van der Waals surface area contributed by atoms with Crippen LogP contribution in [0.5, 0.6) is 0 Å². The molecule has 0 fully saturated rings. The molecule has 0 aromatic heterocycles. The van der Waals surface area contributed by atoms with Gasteiger partial charge in [-0.2, -0.15) is 0 Å². The van der Waals surface area contributed by atoms with Crippen molar-refractivity contribution in [2.24, 2.45) is 0 Å². The number of nitro groups is 1. The zero-order valence-electron chi connectivity index (χ0n) is 10.8. The van der Waals surface area contributed by atoms with Gasteiger partial charge in [0.15, 0.2) is 0 Å². The smallest absolute Gasteiger partial charge is 0.326 e. The van der Waals surface area contributed by atoms with Gasteiger partial charge in [-0.15, -0.1) is 0 Å². The summed E-state index contributed by atoms with van der Waals surface area (Å²) >= 11 is 0. The molecule has 7 heteroatoms. The van der Waals surface area contributed by atoms with E-state index in [9.17, 15) is 19.7 Å². The number of carboxylic acids is 1. The van der Waals surface area contributed by atoms with Crippen LogP contribution < -0.4 is 0 Å². The highest BCUT2D eigenvalue weighted by Gasteiger charge is 2.25. The number of nitro benzene ring substituents is 1. The minimum atomic E-state index is -1.14. The topological polar surface area (TPSA) is 101 Å². The fraction of sp³-hybridized carbons (Fsp3) is 0.333. The van der Waals surface area contributed by atoms with Crippen molar-refractivity contribution in [3.63, 3.8) is 0 Å². The van der Waals surface area contributed by atoms with Crippen LogP contribution in [0.15, 0.2) is 18.2 Å². The van der Waals surface area contributed by atoms with Crippen LogP contribution >= 0.6 is 0 Å². The highest BCUT2D eigenvalue weighted by atomic mass is 16.6. The zero-order valence-corrected chi connectivity index (χ0v) is 10.8. The Morgan fingerprint density at radius 1 is 1.42 bits per heavy atom. The van der Waals surface area contributed by atoms with Crippen molar-refractivity contribution >= 4 is 17.6 Å². The molecule has 19 heavy (non-hydrogen) atoms. The molecular weight excluding hydrogens is 252 g/mol. The summed E-state index contributed by atoms with van der Waals surface area (Å²) in [5.74, 6) is -1.70. The molecule has 1 aromatic rings. The number of carboxylic acid groups (broad SMARTS) is 1. The summed E-state index contributed by atoms with van der Waals surface area (Å²) < 4.78 is 0. The number of carbonyl (C=O) groups excluding carboxylic acids is 1. The lowest BCUT2D eigenvalue weighted by Gasteiger charge is -2.22. The van der Waals surface area contributed by atoms with Crippen LogP contribution in [0, 0.1) is 17.0 Å². The minimum Gasteiger partial charge on any atom is -0.480 e. The molecule has 0 aliphatic heterocycles. The standard InChI is InChI=1S/C12H14N2O5/c1-7-4-5-9(14(18)19)6-10(7)11(15)13(3)8(2)12(16)17/h4-6,8H,1-3H3,(H,16,17). The Kier molecular flexibility index (Phi) is 4.21. The van der Waals surface area contributed by atoms with E-state index in [1.54, 1.807) is 6.92 Å². The summed E-state index contributed by atoms with van der Waals surface area (Å²) in [6.45, 7) is 3.00. The number of rotatable bonds is 4. The molecule has 1 amide bonds. The van der Waals surface area contributed by atoms with Crippen molar-refractivity contribution in [3.8, 4) is 0 Å². The first-order valence-corrected chi connectivity index (χ1v) is 5.50. The number of carbonyl (C=O) groups is 2. The number of benzene rings is 1. The molecule has 1 atom stereocenters. The van der Waals surface area contributed by atoms with Crippen LogP contribution in [-0.4, -0.2) is 39.9 Å². The van der Waals surface area contributed by atoms with Crippen LogP contribution in [0.25, 0.3) is 0 Å². The fourth-order valence-electron chi connectivity index (χ4n) is 1.49. The molecule has 0 spiro atoms. The van der Waals surface area contributed by atoms with Crippen molar-refractivity contribution in [2.75, 3.05) is 7.05 Å². The van der Waals surface area contributed by atoms with E-state index in [1.165, 1.54) is 26.1 Å². The SMILES string of the molecule is Cc1ccc([N+](=O)[O-])cc1C(=O)N(C)C(C)C(=O)O. The zero-order chi connectivity index (χ0) is 14.7. The minimum absolute atomic E-state index is 0.129. The van der Waals surface area contributed by atoms with Gasteiger partial charge >= 0.3 is 5.97 Å². The van der Waals surface area contributed by atoms with E-state index in [0.717, 1.165) is 11.0 Å². The number of aliphatic carboxylic acids is 1. The van der Waals surface area contributed by atoms with Crippen molar-refractivity contribution in [1.82, 2.24) is 4.90 Å². The molecule has 1 aromatic carbocycles. The van der Waals surface area contributed by atoms with Crippen LogP contribution in [0.1, 0.15) is 22.8 Å². The van der Waals surface area contributed by atoms with Crippen molar-refractivity contribution in [1.29, 1.82) is 0 Å². The lowest BCUT2D eigenvalue weighted by atomic mass is 10.1. The third kappa shape index (κ3) is 3.06. The van der Waals surface area contributed by atoms with Crippen molar-refractivity contribution in [2.45, 2.75) is 19.9 Å². The largest absolute Gasteiger partial charge is 0.480 e. The Morgan fingerprint density at radius 2 is 2.00 bits per heavy atom. The maximum absolute atomic E-state index is 12.1. The number of amides is 1. The highest BCUT2D eigenvalue weighted by molar-refractivity contribution is 5.98. The fourth-order valence-corrected chi connectivity index (χ4v) is 1.49. The number of hydrogen-bond donors (Lipinski definition) is 1. The second-order valence-corrected chi connectivity index (χ2v) is 4.19. The summed E-state index contributed by atoms with van der Waals surface area (Å²) in [7, 11) is 1.35. The molecule has 0 saturated carbocycles. The molecule has 0 bridgehead atoms. The average molecular weight is 266 g/mol. The third-order valence-electron chi connectivity index (χ3n) is 2.92. The van der Waals surface area contributed by atoms with Crippen molar-refractivity contribution < 1.29 is 19.6 Å². The molecule has 0 heterocycles. The molecular formula is C12H14N2O5. The van der Waals surface area contributed by atoms with Gasteiger partial charge in [-0.1, -0.05) is 6.07 Å². The highest BCUT2D eigenvalue weighted by Crippen LogP contribution is 2.19. The molecule has 0 radical (unpaired) electrons. The quantitative estimate of drug-likeness (QED) is 0.656. The number of hydrogen-bond acceptors (Lipinski definition) is 4. The van der Waals surface area contributed by atoms with E-state index in [2.05, 4.69) is 0 Å². The van der Waals surface area contributed by atoms with Gasteiger partial charge in [-0.25, -0.2) is 4.79 Å². The summed E-state index contributed by atoms with van der Waals surface area (Å²) in [5, 5.41) is 19.5. The Morgan fingerprint density at radius 3 is 2.47 bits per heavy atom. The van der Waals surface area contributed by atoms with Crippen LogP contribution in [0.4, 0.5) is 5.69 Å². The number of aryl methyl sites for hydroxylation is 1. The molecule has 0 aliphatic rings. The van der Waals surface area contributed by atoms with E-state index in [1.807, 2.05) is 0 Å². The second kappa shape index (κ2) is 5.47. The summed E-state index contributed by atoms with van der Waals surface area (Å²) in [4.78, 5) is 34.1. The summed E-state index contributed by atoms with van der Waals surface area (Å²) in [6, 6.07) is 2.91. The lowest BCUT2D eigenvalue weighted by molar-refractivity contribution is -0.384. The molecule has 0 aliphatic carbocycles. The molecule has 0 saturated heterocycles. The van der Waals surface area contributed by atoms with E-state index >= 15 is 0 Å². The number of nitrogens with zero attached hydrogens (tertiary/aromatic N) is 2. The van der Waals surface area contributed by atoms with Gasteiger partial charge in [0.1, 0.15) is 6.04 Å². The number of likely N-dealkylation sites (N-methyl/N-ethyl adjacent to an activating group) is 1. The van der Waals surface area contributed by atoms with Crippen LogP contribution in [0.2, 0.25) is 0 Å². The Hall–Kier alpha value is -2.44. The predicted molar refractivity (Wildman–Crippen MR) is 67.0 cm³/mol. The monoisotopic (exact) mass is 266 g/mol. The van der Waals surface area contributed by atoms with Gasteiger partial charge in [0.05, 0.1) is 4.92 Å². The van der Waals surface area contributed by atoms with Crippen LogP contribution in [-0.2, 0) is 4.79 Å². The number of non-ortho nitro benzene ring substituents is 1. The second-order valence-electron chi connectivity index (χ2n) is 4.19. The summed E-state index contributed by atoms with van der Waals surface area (Å²) in [6.07, 6.45) is 0. The lowest BCUT2D eigenvalue weighted by Crippen LogP contribution is -2.40. The van der Waals surface area contributed by atoms with E-state index < -0.39 is 22.8 Å². The molecule has 7 nitrogen and oxygen atoms in total. The van der Waals surface area contributed by atoms with Gasteiger partial charge in [-0.3, -0.25) is 14.9 Å². The van der Waals surface area contributed by atoms with Crippen LogP contribution in [0.3, 0.4) is 0 Å². The van der Waals surface area contributed by atoms with Gasteiger partial charge in [0.25, 0.3) is 11.6 Å². The first-order chi connectivity index (χ1) is 8.75. The Labute approximate surface area is 109 Å². The normalized spacial score (nSPS) is 11.7. The van der Waals surface area contributed by atoms with Gasteiger partial charge in [-0.05, 0) is 19.4 Å².